The molecule has 2 rings (SSSR count). The molecule has 0 aromatic carbocycles. The number of nitrogens with zero attached hydrogens (tertiary/aromatic N) is 3. The molecule has 7 heteroatoms. The number of hydrogen-bond acceptors (Lipinski definition) is 4. The molecule has 0 aliphatic heterocycles. The van der Waals surface area contributed by atoms with Crippen LogP contribution in [-0.4, -0.2) is 30.8 Å². The van der Waals surface area contributed by atoms with Gasteiger partial charge in [-0.05, 0) is 13.3 Å². The van der Waals surface area contributed by atoms with E-state index in [-0.39, 0.29) is 24.4 Å². The maximum absolute atomic E-state index is 12.0. The number of H-pyrrole nitrogens is 1. The van der Waals surface area contributed by atoms with Crippen molar-refractivity contribution in [3.63, 3.8) is 0 Å². The molecule has 0 aliphatic carbocycles. The number of aliphatic hydroxyl groups excluding tert-OH is 1. The Morgan fingerprint density at radius 3 is 2.82 bits per heavy atom. The smallest absolute Gasteiger partial charge is 0.332 e. The van der Waals surface area contributed by atoms with E-state index in [1.54, 1.807) is 0 Å². The van der Waals surface area contributed by atoms with Gasteiger partial charge in [0, 0.05) is 19.7 Å². The molecule has 2 heterocycles. The van der Waals surface area contributed by atoms with E-state index in [0.29, 0.717) is 24.1 Å². The molecular weight excluding hydrogens is 224 g/mol. The number of aryl methyl sites for hydroxylation is 1. The minimum Gasteiger partial charge on any atom is -0.396 e. The molecule has 0 atom stereocenters. The Balaban J connectivity index is 2.74. The van der Waals surface area contributed by atoms with E-state index in [0.717, 1.165) is 4.57 Å². The monoisotopic (exact) mass is 238 g/mol. The van der Waals surface area contributed by atoms with Crippen LogP contribution in [0, 0.1) is 0 Å². The van der Waals surface area contributed by atoms with Gasteiger partial charge in [0.1, 0.15) is 5.52 Å². The van der Waals surface area contributed by atoms with Gasteiger partial charge in [0.25, 0.3) is 5.56 Å². The van der Waals surface area contributed by atoms with Crippen molar-refractivity contribution >= 4 is 11.2 Å². The van der Waals surface area contributed by atoms with E-state index < -0.39 is 0 Å². The van der Waals surface area contributed by atoms with Gasteiger partial charge >= 0.3 is 5.69 Å². The van der Waals surface area contributed by atoms with Crippen LogP contribution >= 0.6 is 0 Å². The van der Waals surface area contributed by atoms with Gasteiger partial charge in [0.05, 0.1) is 6.33 Å². The molecule has 0 fully saturated rings. The number of imidazole rings is 1. The Morgan fingerprint density at radius 1 is 1.41 bits per heavy atom. The Bertz CT molecular complexity index is 637. The quantitative estimate of drug-likeness (QED) is 0.735. The summed E-state index contributed by atoms with van der Waals surface area (Å²) in [7, 11) is 0. The first-order valence-corrected chi connectivity index (χ1v) is 5.48. The first kappa shape index (κ1) is 11.6. The number of nitrogens with one attached hydrogen (secondary N) is 1. The third-order valence-corrected chi connectivity index (χ3v) is 2.65. The molecule has 0 radical (unpaired) electrons. The van der Waals surface area contributed by atoms with Crippen molar-refractivity contribution in [1.29, 1.82) is 0 Å². The normalized spacial score (nSPS) is 11.2. The van der Waals surface area contributed by atoms with Crippen LogP contribution in [0.3, 0.4) is 0 Å². The molecule has 0 amide bonds. The average Bonchev–Trinajstić information content (AvgIpc) is 2.79. The van der Waals surface area contributed by atoms with Crippen LogP contribution in [0.25, 0.3) is 11.2 Å². The van der Waals surface area contributed by atoms with Crippen molar-refractivity contribution < 1.29 is 5.11 Å². The highest BCUT2D eigenvalue weighted by atomic mass is 16.3. The lowest BCUT2D eigenvalue weighted by Crippen LogP contribution is -2.40. The van der Waals surface area contributed by atoms with Gasteiger partial charge in [-0.2, -0.15) is 0 Å². The van der Waals surface area contributed by atoms with Crippen LogP contribution in [0.1, 0.15) is 13.3 Å². The summed E-state index contributed by atoms with van der Waals surface area (Å²) in [4.78, 5) is 30.7. The number of aromatic nitrogens is 4. The van der Waals surface area contributed by atoms with E-state index in [1.165, 1.54) is 10.9 Å². The van der Waals surface area contributed by atoms with Crippen LogP contribution in [0.5, 0.6) is 0 Å². The van der Waals surface area contributed by atoms with Crippen LogP contribution in [-0.2, 0) is 13.1 Å². The fourth-order valence-corrected chi connectivity index (χ4v) is 1.82. The number of rotatable bonds is 4. The second kappa shape index (κ2) is 4.54. The third-order valence-electron chi connectivity index (χ3n) is 2.65. The van der Waals surface area contributed by atoms with Gasteiger partial charge < -0.3 is 10.1 Å². The number of aromatic amines is 1. The van der Waals surface area contributed by atoms with Gasteiger partial charge in [0.2, 0.25) is 0 Å². The molecular formula is C10H14N4O3. The van der Waals surface area contributed by atoms with E-state index in [2.05, 4.69) is 9.97 Å². The van der Waals surface area contributed by atoms with Crippen LogP contribution in [0.15, 0.2) is 15.9 Å². The van der Waals surface area contributed by atoms with Crippen molar-refractivity contribution in [2.45, 2.75) is 26.4 Å². The SMILES string of the molecule is CCn1c(=O)n(CCCO)c(=O)c2[nH]cnc21. The standard InChI is InChI=1S/C10H14N4O3/c1-2-13-8-7(11-6-12-8)9(16)14(10(13)17)4-3-5-15/h6,15H,2-5H2,1H3,(H,11,12). The van der Waals surface area contributed by atoms with E-state index in [1.807, 2.05) is 6.92 Å². The second-order valence-electron chi connectivity index (χ2n) is 3.66. The maximum Gasteiger partial charge on any atom is 0.332 e. The van der Waals surface area contributed by atoms with Crippen molar-refractivity contribution in [3.05, 3.63) is 27.2 Å². The number of hydrogen-bond donors (Lipinski definition) is 2. The largest absolute Gasteiger partial charge is 0.396 e. The molecule has 7 nitrogen and oxygen atoms in total. The van der Waals surface area contributed by atoms with Gasteiger partial charge in [0.15, 0.2) is 5.65 Å². The summed E-state index contributed by atoms with van der Waals surface area (Å²) < 4.78 is 2.56. The van der Waals surface area contributed by atoms with Crippen LogP contribution < -0.4 is 11.2 Å². The van der Waals surface area contributed by atoms with Gasteiger partial charge in [-0.15, -0.1) is 0 Å². The third kappa shape index (κ3) is 1.78. The highest BCUT2D eigenvalue weighted by Gasteiger charge is 2.13. The Hall–Kier alpha value is -1.89. The van der Waals surface area contributed by atoms with Crippen molar-refractivity contribution in [2.24, 2.45) is 0 Å². The highest BCUT2D eigenvalue weighted by Crippen LogP contribution is 2.00. The molecule has 2 aromatic rings. The molecule has 0 bridgehead atoms. The zero-order valence-corrected chi connectivity index (χ0v) is 9.51. The first-order chi connectivity index (χ1) is 8.20. The molecule has 0 saturated heterocycles. The molecule has 17 heavy (non-hydrogen) atoms. The summed E-state index contributed by atoms with van der Waals surface area (Å²) in [5, 5.41) is 8.76. The molecule has 0 saturated carbocycles. The zero-order chi connectivity index (χ0) is 12.4. The zero-order valence-electron chi connectivity index (χ0n) is 9.51. The average molecular weight is 238 g/mol. The Kier molecular flexibility index (Phi) is 3.10. The first-order valence-electron chi connectivity index (χ1n) is 5.48. The van der Waals surface area contributed by atoms with Gasteiger partial charge in [-0.25, -0.2) is 9.78 Å². The molecule has 2 aromatic heterocycles. The molecule has 92 valence electrons. The van der Waals surface area contributed by atoms with E-state index in [4.69, 9.17) is 5.11 Å². The lowest BCUT2D eigenvalue weighted by molar-refractivity contribution is 0.277. The molecule has 0 unspecified atom stereocenters. The number of aliphatic hydroxyl groups is 1. The van der Waals surface area contributed by atoms with E-state index in [9.17, 15) is 9.59 Å². The fraction of sp³-hybridized carbons (Fsp3) is 0.500. The number of fused-ring (bicyclic) bond motifs is 1. The van der Waals surface area contributed by atoms with Crippen molar-refractivity contribution in [1.82, 2.24) is 19.1 Å². The van der Waals surface area contributed by atoms with Crippen molar-refractivity contribution in [2.75, 3.05) is 6.61 Å². The minimum absolute atomic E-state index is 0.0565. The summed E-state index contributed by atoms with van der Waals surface area (Å²) in [6.07, 6.45) is 1.77. The second-order valence-corrected chi connectivity index (χ2v) is 3.66. The molecule has 0 aliphatic rings. The minimum atomic E-state index is -0.388. The van der Waals surface area contributed by atoms with Crippen LogP contribution in [0.2, 0.25) is 0 Å². The lowest BCUT2D eigenvalue weighted by atomic mass is 10.4. The predicted molar refractivity (Wildman–Crippen MR) is 62.0 cm³/mol. The molecule has 2 N–H and O–H groups in total. The predicted octanol–water partition coefficient (Wildman–Crippen LogP) is -0.711. The van der Waals surface area contributed by atoms with Crippen LogP contribution in [0.4, 0.5) is 0 Å². The highest BCUT2D eigenvalue weighted by molar-refractivity contribution is 5.68. The van der Waals surface area contributed by atoms with Gasteiger partial charge in [-0.3, -0.25) is 13.9 Å². The lowest BCUT2D eigenvalue weighted by Gasteiger charge is -2.08. The Morgan fingerprint density at radius 2 is 2.18 bits per heavy atom. The Labute approximate surface area is 96.3 Å². The summed E-state index contributed by atoms with van der Waals surface area (Å²) in [5.74, 6) is 0. The van der Waals surface area contributed by atoms with E-state index >= 15 is 0 Å². The molecule has 0 spiro atoms. The summed E-state index contributed by atoms with van der Waals surface area (Å²) in [6.45, 7) is 2.41. The summed E-state index contributed by atoms with van der Waals surface area (Å²) in [5.41, 5.74) is -0.0710. The van der Waals surface area contributed by atoms with Gasteiger partial charge in [-0.1, -0.05) is 0 Å². The maximum atomic E-state index is 12.0. The van der Waals surface area contributed by atoms with Crippen molar-refractivity contribution in [3.8, 4) is 0 Å². The topological polar surface area (TPSA) is 92.9 Å². The summed E-state index contributed by atoms with van der Waals surface area (Å²) in [6, 6.07) is 0. The fourth-order valence-electron chi connectivity index (χ4n) is 1.82. The summed E-state index contributed by atoms with van der Waals surface area (Å²) >= 11 is 0.